The summed E-state index contributed by atoms with van der Waals surface area (Å²) in [5.74, 6) is 0. The minimum Gasteiger partial charge on any atom is -0.327 e. The van der Waals surface area contributed by atoms with Crippen LogP contribution in [0.15, 0.2) is 54.6 Å². The summed E-state index contributed by atoms with van der Waals surface area (Å²) in [6.45, 7) is 2.15. The van der Waals surface area contributed by atoms with Crippen LogP contribution < -0.4 is 5.73 Å². The Balaban J connectivity index is 2.33. The third-order valence-electron chi connectivity index (χ3n) is 3.87. The Kier molecular flexibility index (Phi) is 3.22. The molecule has 0 radical (unpaired) electrons. The molecular weight excluding hydrogens is 230 g/mol. The van der Waals surface area contributed by atoms with Gasteiger partial charge >= 0.3 is 0 Å². The van der Waals surface area contributed by atoms with Crippen LogP contribution in [0.4, 0.5) is 0 Å². The normalized spacial score (nSPS) is 12.9. The van der Waals surface area contributed by atoms with E-state index in [9.17, 15) is 0 Å². The van der Waals surface area contributed by atoms with E-state index in [1.54, 1.807) is 0 Å². The van der Waals surface area contributed by atoms with Crippen molar-refractivity contribution >= 4 is 21.5 Å². The molecule has 1 heteroatoms. The van der Waals surface area contributed by atoms with Crippen molar-refractivity contribution in [2.45, 2.75) is 25.8 Å². The molecule has 0 amide bonds. The highest BCUT2D eigenvalue weighted by atomic mass is 14.6. The van der Waals surface area contributed by atoms with Crippen LogP contribution in [0.25, 0.3) is 21.5 Å². The molecule has 0 bridgehead atoms. The first-order valence-corrected chi connectivity index (χ1v) is 6.94. The van der Waals surface area contributed by atoms with Crippen LogP contribution in [-0.2, 0) is 6.42 Å². The Morgan fingerprint density at radius 1 is 0.895 bits per heavy atom. The smallest absolute Gasteiger partial charge is 0.00771 e. The van der Waals surface area contributed by atoms with Gasteiger partial charge in [0, 0.05) is 6.04 Å². The van der Waals surface area contributed by atoms with Crippen molar-refractivity contribution in [3.05, 3.63) is 60.2 Å². The molecule has 2 N–H and O–H groups in total. The predicted octanol–water partition coefficient (Wildman–Crippen LogP) is 4.27. The van der Waals surface area contributed by atoms with Gasteiger partial charge in [0.25, 0.3) is 0 Å². The molecule has 0 saturated heterocycles. The summed E-state index contributed by atoms with van der Waals surface area (Å²) in [6, 6.07) is 19.7. The van der Waals surface area contributed by atoms with Crippen LogP contribution >= 0.6 is 0 Å². The van der Waals surface area contributed by atoms with Gasteiger partial charge in [0.05, 0.1) is 0 Å². The molecule has 1 atom stereocenters. The fourth-order valence-electron chi connectivity index (χ4n) is 2.73. The zero-order valence-corrected chi connectivity index (χ0v) is 11.3. The summed E-state index contributed by atoms with van der Waals surface area (Å²) in [4.78, 5) is 0. The molecule has 3 aromatic carbocycles. The van der Waals surface area contributed by atoms with Crippen LogP contribution in [-0.4, -0.2) is 6.04 Å². The van der Waals surface area contributed by atoms with Gasteiger partial charge in [-0.05, 0) is 46.0 Å². The number of hydrogen-bond acceptors (Lipinski definition) is 1. The summed E-state index contributed by atoms with van der Waals surface area (Å²) in [6.07, 6.45) is 1.95. The minimum atomic E-state index is 0.231. The molecule has 0 heterocycles. The molecule has 0 aliphatic heterocycles. The second-order valence-corrected chi connectivity index (χ2v) is 5.17. The maximum atomic E-state index is 6.19. The van der Waals surface area contributed by atoms with E-state index in [1.165, 1.54) is 27.1 Å². The standard InChI is InChI=1S/C18H19N/c1-2-15(19)12-18-16-9-5-3-7-13(16)11-14-8-4-6-10-17(14)18/h3-11,15H,2,12,19H2,1H3. The first-order valence-electron chi connectivity index (χ1n) is 6.94. The van der Waals surface area contributed by atoms with Crippen LogP contribution in [0.3, 0.4) is 0 Å². The van der Waals surface area contributed by atoms with E-state index in [0.717, 1.165) is 12.8 Å². The minimum absolute atomic E-state index is 0.231. The molecule has 1 nitrogen and oxygen atoms in total. The van der Waals surface area contributed by atoms with E-state index in [-0.39, 0.29) is 6.04 Å². The summed E-state index contributed by atoms with van der Waals surface area (Å²) in [5, 5.41) is 5.29. The zero-order valence-electron chi connectivity index (χ0n) is 11.3. The Labute approximate surface area is 114 Å². The molecule has 96 valence electrons. The highest BCUT2D eigenvalue weighted by Crippen LogP contribution is 2.29. The molecule has 0 aromatic heterocycles. The van der Waals surface area contributed by atoms with Crippen LogP contribution in [0, 0.1) is 0 Å². The van der Waals surface area contributed by atoms with Crippen molar-refractivity contribution in [1.82, 2.24) is 0 Å². The van der Waals surface area contributed by atoms with Gasteiger partial charge in [-0.25, -0.2) is 0 Å². The lowest BCUT2D eigenvalue weighted by atomic mass is 9.92. The van der Waals surface area contributed by atoms with Crippen LogP contribution in [0.1, 0.15) is 18.9 Å². The van der Waals surface area contributed by atoms with Gasteiger partial charge in [-0.3, -0.25) is 0 Å². The molecule has 0 aliphatic carbocycles. The molecule has 19 heavy (non-hydrogen) atoms. The number of nitrogens with two attached hydrogens (primary N) is 1. The lowest BCUT2D eigenvalue weighted by molar-refractivity contribution is 0.651. The van der Waals surface area contributed by atoms with E-state index in [0.29, 0.717) is 0 Å². The van der Waals surface area contributed by atoms with E-state index in [4.69, 9.17) is 5.73 Å². The molecule has 3 rings (SSSR count). The maximum absolute atomic E-state index is 6.19. The third-order valence-corrected chi connectivity index (χ3v) is 3.87. The van der Waals surface area contributed by atoms with Crippen molar-refractivity contribution in [2.75, 3.05) is 0 Å². The van der Waals surface area contributed by atoms with Crippen LogP contribution in [0.2, 0.25) is 0 Å². The summed E-state index contributed by atoms with van der Waals surface area (Å²) < 4.78 is 0. The van der Waals surface area contributed by atoms with Gasteiger partial charge in [-0.2, -0.15) is 0 Å². The number of rotatable bonds is 3. The zero-order chi connectivity index (χ0) is 13.2. The molecule has 3 aromatic rings. The number of hydrogen-bond donors (Lipinski definition) is 1. The second kappa shape index (κ2) is 5.02. The van der Waals surface area contributed by atoms with E-state index in [2.05, 4.69) is 61.5 Å². The molecule has 1 unspecified atom stereocenters. The molecule has 0 saturated carbocycles. The van der Waals surface area contributed by atoms with Crippen molar-refractivity contribution < 1.29 is 0 Å². The number of benzene rings is 3. The SMILES string of the molecule is CCC(N)Cc1c2ccccc2cc2ccccc12. The summed E-state index contributed by atoms with van der Waals surface area (Å²) >= 11 is 0. The van der Waals surface area contributed by atoms with E-state index in [1.807, 2.05) is 0 Å². The fraction of sp³-hybridized carbons (Fsp3) is 0.222. The van der Waals surface area contributed by atoms with E-state index >= 15 is 0 Å². The van der Waals surface area contributed by atoms with E-state index < -0.39 is 0 Å². The lowest BCUT2D eigenvalue weighted by Crippen LogP contribution is -2.21. The van der Waals surface area contributed by atoms with Crippen molar-refractivity contribution in [1.29, 1.82) is 0 Å². The van der Waals surface area contributed by atoms with Gasteiger partial charge < -0.3 is 5.73 Å². The first-order chi connectivity index (χ1) is 9.29. The Bertz CT molecular complexity index is 661. The van der Waals surface area contributed by atoms with Gasteiger partial charge in [0.2, 0.25) is 0 Å². The third kappa shape index (κ3) is 2.22. The second-order valence-electron chi connectivity index (χ2n) is 5.17. The monoisotopic (exact) mass is 249 g/mol. The van der Waals surface area contributed by atoms with Crippen molar-refractivity contribution in [3.8, 4) is 0 Å². The largest absolute Gasteiger partial charge is 0.327 e. The highest BCUT2D eigenvalue weighted by molar-refractivity contribution is 6.02. The average Bonchev–Trinajstić information content (AvgIpc) is 2.46. The molecule has 0 aliphatic rings. The number of fused-ring (bicyclic) bond motifs is 2. The Morgan fingerprint density at radius 2 is 1.42 bits per heavy atom. The predicted molar refractivity (Wildman–Crippen MR) is 83.4 cm³/mol. The molecular formula is C18H19N. The summed E-state index contributed by atoms with van der Waals surface area (Å²) in [7, 11) is 0. The Morgan fingerprint density at radius 3 is 1.95 bits per heavy atom. The highest BCUT2D eigenvalue weighted by Gasteiger charge is 2.10. The lowest BCUT2D eigenvalue weighted by Gasteiger charge is -2.15. The quantitative estimate of drug-likeness (QED) is 0.689. The van der Waals surface area contributed by atoms with Crippen molar-refractivity contribution in [2.24, 2.45) is 5.73 Å². The molecule has 0 fully saturated rings. The van der Waals surface area contributed by atoms with Gasteiger partial charge in [-0.15, -0.1) is 0 Å². The molecule has 0 spiro atoms. The van der Waals surface area contributed by atoms with Gasteiger partial charge in [-0.1, -0.05) is 55.5 Å². The van der Waals surface area contributed by atoms with Gasteiger partial charge in [0.15, 0.2) is 0 Å². The maximum Gasteiger partial charge on any atom is 0.00771 e. The topological polar surface area (TPSA) is 26.0 Å². The Hall–Kier alpha value is -1.86. The van der Waals surface area contributed by atoms with Gasteiger partial charge in [0.1, 0.15) is 0 Å². The van der Waals surface area contributed by atoms with Crippen LogP contribution in [0.5, 0.6) is 0 Å². The average molecular weight is 249 g/mol. The van der Waals surface area contributed by atoms with Crippen molar-refractivity contribution in [3.63, 3.8) is 0 Å². The summed E-state index contributed by atoms with van der Waals surface area (Å²) in [5.41, 5.74) is 7.58. The fourth-order valence-corrected chi connectivity index (χ4v) is 2.73. The first kappa shape index (κ1) is 12.2.